The van der Waals surface area contributed by atoms with E-state index < -0.39 is 0 Å². The normalized spacial score (nSPS) is 17.1. The molecular formula is C14H18O5. The second-order valence-corrected chi connectivity index (χ2v) is 4.20. The van der Waals surface area contributed by atoms with E-state index in [1.165, 1.54) is 7.11 Å². The molecule has 1 aromatic rings. The Kier molecular flexibility index (Phi) is 5.32. The molecule has 0 fully saturated rings. The van der Waals surface area contributed by atoms with Crippen molar-refractivity contribution in [1.29, 1.82) is 0 Å². The molecule has 0 spiro atoms. The number of hydrogen-bond acceptors (Lipinski definition) is 5. The average Bonchev–Trinajstić information content (AvgIpc) is 2.48. The number of carbonyl (C=O) groups excluding carboxylic acids is 1. The summed E-state index contributed by atoms with van der Waals surface area (Å²) in [4.78, 5) is 11.8. The van der Waals surface area contributed by atoms with Gasteiger partial charge < -0.3 is 18.9 Å². The van der Waals surface area contributed by atoms with E-state index in [0.29, 0.717) is 45.2 Å². The Morgan fingerprint density at radius 1 is 1.05 bits per heavy atom. The van der Waals surface area contributed by atoms with Crippen LogP contribution in [-0.2, 0) is 32.2 Å². The standard InChI is InChI=1S/C14H18O5/c1-16-14(15)13-8-11-2-3-12(13)10-19-7-5-17-4-6-18-9-11/h2-3,8H,4-7,9-10H2,1H3. The Bertz CT molecular complexity index is 430. The molecule has 0 radical (unpaired) electrons. The molecule has 0 aromatic heterocycles. The Balaban J connectivity index is 2.21. The van der Waals surface area contributed by atoms with Crippen LogP contribution in [0.25, 0.3) is 0 Å². The van der Waals surface area contributed by atoms with E-state index in [0.717, 1.165) is 11.1 Å². The first-order valence-electron chi connectivity index (χ1n) is 6.24. The van der Waals surface area contributed by atoms with Crippen molar-refractivity contribution in [2.45, 2.75) is 13.2 Å². The van der Waals surface area contributed by atoms with E-state index in [-0.39, 0.29) is 5.97 Å². The zero-order valence-electron chi connectivity index (χ0n) is 11.0. The minimum Gasteiger partial charge on any atom is -0.465 e. The van der Waals surface area contributed by atoms with E-state index in [4.69, 9.17) is 18.9 Å². The number of benzene rings is 1. The summed E-state index contributed by atoms with van der Waals surface area (Å²) < 4.78 is 21.1. The molecule has 0 saturated carbocycles. The van der Waals surface area contributed by atoms with E-state index in [9.17, 15) is 4.79 Å². The van der Waals surface area contributed by atoms with Gasteiger partial charge in [0.05, 0.1) is 52.3 Å². The van der Waals surface area contributed by atoms with Crippen LogP contribution in [0.2, 0.25) is 0 Å². The summed E-state index contributed by atoms with van der Waals surface area (Å²) in [6.45, 7) is 2.90. The number of fused-ring (bicyclic) bond motifs is 10. The number of carbonyl (C=O) groups is 1. The molecule has 0 amide bonds. The Hall–Kier alpha value is -1.43. The molecule has 0 unspecified atom stereocenters. The van der Waals surface area contributed by atoms with Gasteiger partial charge in [-0.2, -0.15) is 0 Å². The van der Waals surface area contributed by atoms with Crippen molar-refractivity contribution in [2.75, 3.05) is 33.5 Å². The minimum atomic E-state index is -0.355. The molecule has 2 aliphatic heterocycles. The van der Waals surface area contributed by atoms with E-state index in [1.807, 2.05) is 12.1 Å². The lowest BCUT2D eigenvalue weighted by atomic mass is 10.0. The van der Waals surface area contributed by atoms with Crippen LogP contribution in [-0.4, -0.2) is 39.5 Å². The van der Waals surface area contributed by atoms with Crippen LogP contribution in [0.5, 0.6) is 0 Å². The Morgan fingerprint density at radius 2 is 1.74 bits per heavy atom. The van der Waals surface area contributed by atoms with Crippen LogP contribution in [0.4, 0.5) is 0 Å². The largest absolute Gasteiger partial charge is 0.465 e. The SMILES string of the molecule is COC(=O)c1cc2ccc1COCCOCCOC2. The fourth-order valence-electron chi connectivity index (χ4n) is 1.85. The van der Waals surface area contributed by atoms with Gasteiger partial charge in [0, 0.05) is 0 Å². The number of ether oxygens (including phenoxy) is 4. The van der Waals surface area contributed by atoms with Crippen LogP contribution in [0, 0.1) is 0 Å². The van der Waals surface area contributed by atoms with Crippen molar-refractivity contribution in [3.8, 4) is 0 Å². The summed E-state index contributed by atoms with van der Waals surface area (Å²) in [6, 6.07) is 5.61. The lowest BCUT2D eigenvalue weighted by Crippen LogP contribution is -2.09. The highest BCUT2D eigenvalue weighted by Gasteiger charge is 2.13. The first kappa shape index (κ1) is 14.0. The maximum Gasteiger partial charge on any atom is 0.338 e. The quantitative estimate of drug-likeness (QED) is 0.570. The first-order chi connectivity index (χ1) is 9.31. The Morgan fingerprint density at radius 3 is 2.47 bits per heavy atom. The molecule has 0 saturated heterocycles. The molecule has 104 valence electrons. The molecule has 0 aliphatic carbocycles. The second-order valence-electron chi connectivity index (χ2n) is 4.20. The van der Waals surface area contributed by atoms with Gasteiger partial charge in [-0.1, -0.05) is 12.1 Å². The van der Waals surface area contributed by atoms with Gasteiger partial charge >= 0.3 is 5.97 Å². The smallest absolute Gasteiger partial charge is 0.338 e. The van der Waals surface area contributed by atoms with Gasteiger partial charge in [-0.15, -0.1) is 0 Å². The highest BCUT2D eigenvalue weighted by Crippen LogP contribution is 2.16. The van der Waals surface area contributed by atoms with Crippen molar-refractivity contribution in [1.82, 2.24) is 0 Å². The van der Waals surface area contributed by atoms with Crippen molar-refractivity contribution in [3.05, 3.63) is 34.9 Å². The number of hydrogen-bond donors (Lipinski definition) is 0. The number of esters is 1. The van der Waals surface area contributed by atoms with Crippen molar-refractivity contribution < 1.29 is 23.7 Å². The fourth-order valence-corrected chi connectivity index (χ4v) is 1.85. The fraction of sp³-hybridized carbons (Fsp3) is 0.500. The molecule has 5 nitrogen and oxygen atoms in total. The number of rotatable bonds is 1. The third kappa shape index (κ3) is 4.02. The van der Waals surface area contributed by atoms with Crippen molar-refractivity contribution in [2.24, 2.45) is 0 Å². The summed E-state index contributed by atoms with van der Waals surface area (Å²) in [6.07, 6.45) is 0. The zero-order valence-corrected chi connectivity index (χ0v) is 11.0. The van der Waals surface area contributed by atoms with Gasteiger partial charge in [0.15, 0.2) is 0 Å². The third-order valence-corrected chi connectivity index (χ3v) is 2.85. The second kappa shape index (κ2) is 7.23. The van der Waals surface area contributed by atoms with Gasteiger partial charge in [-0.25, -0.2) is 4.79 Å². The topological polar surface area (TPSA) is 54.0 Å². The maximum absolute atomic E-state index is 11.8. The Labute approximate surface area is 112 Å². The monoisotopic (exact) mass is 266 g/mol. The average molecular weight is 266 g/mol. The molecule has 19 heavy (non-hydrogen) atoms. The zero-order chi connectivity index (χ0) is 13.5. The predicted octanol–water partition coefficient (Wildman–Crippen LogP) is 1.54. The first-order valence-corrected chi connectivity index (χ1v) is 6.24. The van der Waals surface area contributed by atoms with E-state index in [2.05, 4.69) is 0 Å². The molecule has 2 aliphatic rings. The molecule has 1 aromatic carbocycles. The van der Waals surface area contributed by atoms with Crippen LogP contribution < -0.4 is 0 Å². The highest BCUT2D eigenvalue weighted by atomic mass is 16.5. The van der Waals surface area contributed by atoms with E-state index >= 15 is 0 Å². The summed E-state index contributed by atoms with van der Waals surface area (Å²) in [5.41, 5.74) is 2.28. The van der Waals surface area contributed by atoms with Gasteiger partial charge in [0.1, 0.15) is 0 Å². The van der Waals surface area contributed by atoms with Crippen molar-refractivity contribution >= 4 is 5.97 Å². The third-order valence-electron chi connectivity index (χ3n) is 2.85. The summed E-state index contributed by atoms with van der Waals surface area (Å²) in [5.74, 6) is -0.355. The minimum absolute atomic E-state index is 0.355. The summed E-state index contributed by atoms with van der Waals surface area (Å²) >= 11 is 0. The van der Waals surface area contributed by atoms with Gasteiger partial charge in [0.2, 0.25) is 0 Å². The van der Waals surface area contributed by atoms with Crippen molar-refractivity contribution in [3.63, 3.8) is 0 Å². The molecule has 0 N–H and O–H groups in total. The molecule has 3 rings (SSSR count). The van der Waals surface area contributed by atoms with E-state index in [1.54, 1.807) is 6.07 Å². The maximum atomic E-state index is 11.8. The van der Waals surface area contributed by atoms with Gasteiger partial charge in [-0.3, -0.25) is 0 Å². The van der Waals surface area contributed by atoms with Crippen LogP contribution in [0.3, 0.4) is 0 Å². The molecule has 2 heterocycles. The summed E-state index contributed by atoms with van der Waals surface area (Å²) in [7, 11) is 1.37. The van der Waals surface area contributed by atoms with Crippen LogP contribution in [0.1, 0.15) is 21.5 Å². The molecular weight excluding hydrogens is 248 g/mol. The lowest BCUT2D eigenvalue weighted by Gasteiger charge is -2.10. The van der Waals surface area contributed by atoms with Gasteiger partial charge in [0.25, 0.3) is 0 Å². The molecule has 0 atom stereocenters. The van der Waals surface area contributed by atoms with Gasteiger partial charge in [-0.05, 0) is 17.2 Å². The predicted molar refractivity (Wildman–Crippen MR) is 67.9 cm³/mol. The number of methoxy groups -OCH3 is 1. The highest BCUT2D eigenvalue weighted by molar-refractivity contribution is 5.91. The summed E-state index contributed by atoms with van der Waals surface area (Å²) in [5, 5.41) is 0. The van der Waals surface area contributed by atoms with Crippen LogP contribution in [0.15, 0.2) is 18.2 Å². The lowest BCUT2D eigenvalue weighted by molar-refractivity contribution is 0.00773. The molecule has 2 bridgehead atoms. The van der Waals surface area contributed by atoms with Crippen LogP contribution >= 0.6 is 0 Å². The molecule has 5 heteroatoms.